The van der Waals surface area contributed by atoms with Crippen molar-refractivity contribution in [3.05, 3.63) is 0 Å². The fourth-order valence-corrected chi connectivity index (χ4v) is 0.798. The minimum absolute atomic E-state index is 0.0937. The zero-order chi connectivity index (χ0) is 8.36. The quantitative estimate of drug-likeness (QED) is 0.614. The van der Waals surface area contributed by atoms with E-state index < -0.39 is 12.2 Å². The molecule has 0 fully saturated rings. The summed E-state index contributed by atoms with van der Waals surface area (Å²) >= 11 is 0. The maximum atomic E-state index is 9.21. The van der Waals surface area contributed by atoms with Crippen molar-refractivity contribution in [2.24, 2.45) is 5.41 Å². The minimum Gasteiger partial charge on any atom is -0.391 e. The predicted octanol–water partition coefficient (Wildman–Crippen LogP) is 1.16. The number of hydrogen-bond donors (Lipinski definition) is 2. The van der Waals surface area contributed by atoms with Crippen molar-refractivity contribution in [3.8, 4) is 0 Å². The van der Waals surface area contributed by atoms with Gasteiger partial charge in [-0.15, -0.1) is 0 Å². The van der Waals surface area contributed by atoms with E-state index in [1.807, 2.05) is 20.8 Å². The Kier molecular flexibility index (Phi) is 3.33. The van der Waals surface area contributed by atoms with Crippen LogP contribution in [0.15, 0.2) is 0 Å². The first-order valence-electron chi connectivity index (χ1n) is 3.69. The fourth-order valence-electron chi connectivity index (χ4n) is 0.798. The van der Waals surface area contributed by atoms with Gasteiger partial charge in [-0.2, -0.15) is 0 Å². The molecule has 0 aromatic heterocycles. The van der Waals surface area contributed by atoms with Gasteiger partial charge >= 0.3 is 0 Å². The maximum Gasteiger partial charge on any atom is 0.0801 e. The number of rotatable bonds is 2. The van der Waals surface area contributed by atoms with Crippen LogP contribution < -0.4 is 0 Å². The monoisotopic (exact) mass is 146 g/mol. The summed E-state index contributed by atoms with van der Waals surface area (Å²) in [6, 6.07) is 0. The van der Waals surface area contributed by atoms with Gasteiger partial charge in [-0.05, 0) is 18.8 Å². The summed E-state index contributed by atoms with van der Waals surface area (Å²) in [6.07, 6.45) is -0.552. The van der Waals surface area contributed by atoms with Gasteiger partial charge in [0.25, 0.3) is 0 Å². The molecule has 0 saturated carbocycles. The summed E-state index contributed by atoms with van der Waals surface area (Å²) in [5, 5.41) is 18.1. The lowest BCUT2D eigenvalue weighted by Crippen LogP contribution is -2.27. The first-order chi connectivity index (χ1) is 4.33. The molecule has 0 rings (SSSR count). The molecule has 0 radical (unpaired) electrons. The molecule has 0 heterocycles. The summed E-state index contributed by atoms with van der Waals surface area (Å²) in [5.74, 6) is 0. The standard InChI is InChI=1S/C8H18O2/c1-6(9)7(10)5-8(2,3)4/h6-7,9-10H,5H2,1-4H3. The molecule has 2 heteroatoms. The Morgan fingerprint density at radius 2 is 1.60 bits per heavy atom. The second-order valence-corrected chi connectivity index (χ2v) is 4.07. The van der Waals surface area contributed by atoms with Crippen molar-refractivity contribution in [3.63, 3.8) is 0 Å². The lowest BCUT2D eigenvalue weighted by atomic mass is 9.88. The lowest BCUT2D eigenvalue weighted by Gasteiger charge is -2.23. The summed E-state index contributed by atoms with van der Waals surface area (Å²) in [7, 11) is 0. The molecule has 0 spiro atoms. The Morgan fingerprint density at radius 3 is 1.70 bits per heavy atom. The van der Waals surface area contributed by atoms with Crippen LogP contribution in [0.5, 0.6) is 0 Å². The zero-order valence-corrected chi connectivity index (χ0v) is 7.26. The van der Waals surface area contributed by atoms with E-state index in [0.29, 0.717) is 6.42 Å². The molecule has 2 unspecified atom stereocenters. The Balaban J connectivity index is 3.68. The molecular weight excluding hydrogens is 128 g/mol. The molecule has 0 aliphatic carbocycles. The van der Waals surface area contributed by atoms with E-state index in [1.54, 1.807) is 6.92 Å². The Morgan fingerprint density at radius 1 is 1.20 bits per heavy atom. The Hall–Kier alpha value is -0.0800. The smallest absolute Gasteiger partial charge is 0.0801 e. The van der Waals surface area contributed by atoms with Crippen LogP contribution in [-0.4, -0.2) is 22.4 Å². The van der Waals surface area contributed by atoms with Crippen LogP contribution in [0.2, 0.25) is 0 Å². The molecule has 10 heavy (non-hydrogen) atoms. The van der Waals surface area contributed by atoms with Gasteiger partial charge in [0.2, 0.25) is 0 Å². The van der Waals surface area contributed by atoms with Crippen LogP contribution in [0, 0.1) is 5.41 Å². The zero-order valence-electron chi connectivity index (χ0n) is 7.26. The minimum atomic E-state index is -0.612. The highest BCUT2D eigenvalue weighted by atomic mass is 16.3. The topological polar surface area (TPSA) is 40.5 Å². The molecule has 62 valence electrons. The highest BCUT2D eigenvalue weighted by Gasteiger charge is 2.19. The molecule has 0 amide bonds. The van der Waals surface area contributed by atoms with Gasteiger partial charge in [-0.1, -0.05) is 20.8 Å². The molecule has 2 N–H and O–H groups in total. The SMILES string of the molecule is CC(O)C(O)CC(C)(C)C. The predicted molar refractivity (Wildman–Crippen MR) is 41.8 cm³/mol. The van der Waals surface area contributed by atoms with Gasteiger partial charge < -0.3 is 10.2 Å². The molecule has 0 aliphatic heterocycles. The van der Waals surface area contributed by atoms with Crippen molar-refractivity contribution in [2.75, 3.05) is 0 Å². The van der Waals surface area contributed by atoms with Gasteiger partial charge in [0, 0.05) is 0 Å². The summed E-state index contributed by atoms with van der Waals surface area (Å²) in [6.45, 7) is 7.73. The lowest BCUT2D eigenvalue weighted by molar-refractivity contribution is 0.00668. The molecular formula is C8H18O2. The van der Waals surface area contributed by atoms with Gasteiger partial charge in [-0.25, -0.2) is 0 Å². The third-order valence-corrected chi connectivity index (χ3v) is 1.38. The van der Waals surface area contributed by atoms with Crippen LogP contribution in [-0.2, 0) is 0 Å². The molecule has 0 aliphatic rings. The highest BCUT2D eigenvalue weighted by Crippen LogP contribution is 2.21. The second-order valence-electron chi connectivity index (χ2n) is 4.07. The van der Waals surface area contributed by atoms with E-state index >= 15 is 0 Å². The van der Waals surface area contributed by atoms with Crippen LogP contribution in [0.4, 0.5) is 0 Å². The summed E-state index contributed by atoms with van der Waals surface area (Å²) < 4.78 is 0. The van der Waals surface area contributed by atoms with E-state index in [4.69, 9.17) is 5.11 Å². The highest BCUT2D eigenvalue weighted by molar-refractivity contribution is 4.71. The molecule has 0 bridgehead atoms. The Labute approximate surface area is 62.9 Å². The first kappa shape index (κ1) is 9.92. The van der Waals surface area contributed by atoms with Crippen molar-refractivity contribution < 1.29 is 10.2 Å². The van der Waals surface area contributed by atoms with Crippen molar-refractivity contribution >= 4 is 0 Å². The normalized spacial score (nSPS) is 18.6. The summed E-state index contributed by atoms with van der Waals surface area (Å²) in [5.41, 5.74) is 0.0937. The number of aliphatic hydroxyl groups excluding tert-OH is 2. The van der Waals surface area contributed by atoms with Crippen LogP contribution in [0.3, 0.4) is 0 Å². The van der Waals surface area contributed by atoms with Gasteiger partial charge in [-0.3, -0.25) is 0 Å². The van der Waals surface area contributed by atoms with Crippen LogP contribution in [0.1, 0.15) is 34.1 Å². The Bertz CT molecular complexity index is 91.9. The van der Waals surface area contributed by atoms with Crippen molar-refractivity contribution in [2.45, 2.75) is 46.3 Å². The van der Waals surface area contributed by atoms with E-state index in [9.17, 15) is 5.11 Å². The number of aliphatic hydroxyl groups is 2. The van der Waals surface area contributed by atoms with Gasteiger partial charge in [0.15, 0.2) is 0 Å². The average Bonchev–Trinajstić information content (AvgIpc) is 1.60. The first-order valence-corrected chi connectivity index (χ1v) is 3.69. The third-order valence-electron chi connectivity index (χ3n) is 1.38. The maximum absolute atomic E-state index is 9.21. The van der Waals surface area contributed by atoms with Crippen molar-refractivity contribution in [1.82, 2.24) is 0 Å². The molecule has 2 nitrogen and oxygen atoms in total. The van der Waals surface area contributed by atoms with E-state index in [0.717, 1.165) is 0 Å². The fraction of sp³-hybridized carbons (Fsp3) is 1.00. The van der Waals surface area contributed by atoms with Crippen LogP contribution in [0.25, 0.3) is 0 Å². The largest absolute Gasteiger partial charge is 0.391 e. The van der Waals surface area contributed by atoms with E-state index in [-0.39, 0.29) is 5.41 Å². The summed E-state index contributed by atoms with van der Waals surface area (Å²) in [4.78, 5) is 0. The van der Waals surface area contributed by atoms with Gasteiger partial charge in [0.1, 0.15) is 0 Å². The number of hydrogen-bond acceptors (Lipinski definition) is 2. The van der Waals surface area contributed by atoms with Crippen molar-refractivity contribution in [1.29, 1.82) is 0 Å². The average molecular weight is 146 g/mol. The van der Waals surface area contributed by atoms with E-state index in [1.165, 1.54) is 0 Å². The molecule has 0 saturated heterocycles. The van der Waals surface area contributed by atoms with Gasteiger partial charge in [0.05, 0.1) is 12.2 Å². The second kappa shape index (κ2) is 3.35. The van der Waals surface area contributed by atoms with Crippen LogP contribution >= 0.6 is 0 Å². The molecule has 0 aromatic rings. The third kappa shape index (κ3) is 4.77. The van der Waals surface area contributed by atoms with E-state index in [2.05, 4.69) is 0 Å². The molecule has 0 aromatic carbocycles. The molecule has 2 atom stereocenters.